The summed E-state index contributed by atoms with van der Waals surface area (Å²) in [4.78, 5) is 41.3. The Hall–Kier alpha value is -1.67. The number of nitrogens with zero attached hydrogens (tertiary/aromatic N) is 2. The summed E-state index contributed by atoms with van der Waals surface area (Å²) in [6, 6.07) is -1.23. The van der Waals surface area contributed by atoms with Crippen LogP contribution in [-0.4, -0.2) is 86.0 Å². The Morgan fingerprint density at radius 2 is 1.85 bits per heavy atom. The molecule has 8 heteroatoms. The van der Waals surface area contributed by atoms with E-state index in [-0.39, 0.29) is 18.4 Å². The third kappa shape index (κ3) is 5.17. The summed E-state index contributed by atoms with van der Waals surface area (Å²) in [5, 5.41) is 6.17. The zero-order valence-corrected chi connectivity index (χ0v) is 16.3. The van der Waals surface area contributed by atoms with Crippen molar-refractivity contribution in [3.05, 3.63) is 0 Å². The number of rotatable bonds is 5. The monoisotopic (exact) mass is 368 g/mol. The van der Waals surface area contributed by atoms with Gasteiger partial charge in [0.05, 0.1) is 13.7 Å². The molecule has 26 heavy (non-hydrogen) atoms. The van der Waals surface area contributed by atoms with E-state index in [4.69, 9.17) is 4.74 Å². The van der Waals surface area contributed by atoms with Crippen LogP contribution in [-0.2, 0) is 19.1 Å². The molecule has 0 aromatic carbocycles. The number of carbonyl (C=O) groups excluding carboxylic acids is 3. The highest BCUT2D eigenvalue weighted by Gasteiger charge is 2.42. The molecule has 0 unspecified atom stereocenters. The highest BCUT2D eigenvalue weighted by atomic mass is 16.5. The summed E-state index contributed by atoms with van der Waals surface area (Å²) >= 11 is 0. The SMILES string of the molecule is COC(=O)[C@@H]1CCCN1C(=O)[C@@H](NC(=O)CN1CCNCC1)C(C)(C)C. The van der Waals surface area contributed by atoms with Crippen molar-refractivity contribution in [3.8, 4) is 0 Å². The van der Waals surface area contributed by atoms with Crippen molar-refractivity contribution in [2.24, 2.45) is 5.41 Å². The number of hydrogen-bond acceptors (Lipinski definition) is 6. The smallest absolute Gasteiger partial charge is 0.328 e. The van der Waals surface area contributed by atoms with Crippen LogP contribution in [0, 0.1) is 5.41 Å². The molecule has 0 aromatic heterocycles. The molecule has 8 nitrogen and oxygen atoms in total. The maximum atomic E-state index is 13.1. The zero-order valence-electron chi connectivity index (χ0n) is 16.3. The average molecular weight is 368 g/mol. The molecule has 2 fully saturated rings. The van der Waals surface area contributed by atoms with E-state index in [1.807, 2.05) is 20.8 Å². The van der Waals surface area contributed by atoms with Crippen molar-refractivity contribution < 1.29 is 19.1 Å². The van der Waals surface area contributed by atoms with Gasteiger partial charge in [0.15, 0.2) is 0 Å². The van der Waals surface area contributed by atoms with Crippen LogP contribution in [0.3, 0.4) is 0 Å². The fourth-order valence-electron chi connectivity index (χ4n) is 3.51. The summed E-state index contributed by atoms with van der Waals surface area (Å²) in [6.07, 6.45) is 1.36. The number of methoxy groups -OCH3 is 1. The zero-order chi connectivity index (χ0) is 19.3. The van der Waals surface area contributed by atoms with Gasteiger partial charge < -0.3 is 20.3 Å². The minimum absolute atomic E-state index is 0.158. The van der Waals surface area contributed by atoms with Gasteiger partial charge in [-0.2, -0.15) is 0 Å². The minimum atomic E-state index is -0.678. The average Bonchev–Trinajstić information content (AvgIpc) is 3.08. The highest BCUT2D eigenvalue weighted by Crippen LogP contribution is 2.26. The van der Waals surface area contributed by atoms with Crippen molar-refractivity contribution in [2.45, 2.75) is 45.7 Å². The maximum absolute atomic E-state index is 13.1. The topological polar surface area (TPSA) is 91.0 Å². The molecular weight excluding hydrogens is 336 g/mol. The van der Waals surface area contributed by atoms with Crippen LogP contribution in [0.1, 0.15) is 33.6 Å². The first-order valence-electron chi connectivity index (χ1n) is 9.35. The van der Waals surface area contributed by atoms with Gasteiger partial charge in [-0.25, -0.2) is 4.79 Å². The molecule has 2 amide bonds. The molecule has 2 atom stereocenters. The predicted molar refractivity (Wildman–Crippen MR) is 97.4 cm³/mol. The minimum Gasteiger partial charge on any atom is -0.467 e. The molecule has 2 saturated heterocycles. The summed E-state index contributed by atoms with van der Waals surface area (Å²) in [5.74, 6) is -0.760. The van der Waals surface area contributed by atoms with E-state index in [0.29, 0.717) is 13.0 Å². The molecule has 0 spiro atoms. The van der Waals surface area contributed by atoms with Gasteiger partial charge in [-0.05, 0) is 18.3 Å². The molecule has 2 rings (SSSR count). The first kappa shape index (κ1) is 20.6. The number of piperazine rings is 1. The molecule has 2 N–H and O–H groups in total. The van der Waals surface area contributed by atoms with E-state index < -0.39 is 23.5 Å². The van der Waals surface area contributed by atoms with Crippen LogP contribution in [0.4, 0.5) is 0 Å². The fourth-order valence-corrected chi connectivity index (χ4v) is 3.51. The van der Waals surface area contributed by atoms with Crippen molar-refractivity contribution >= 4 is 17.8 Å². The number of esters is 1. The standard InChI is InChI=1S/C18H32N4O4/c1-18(2,3)15(20-14(23)12-21-10-7-19-8-11-21)16(24)22-9-5-6-13(22)17(25)26-4/h13,15,19H,5-12H2,1-4H3,(H,20,23)/t13-,15+/m0/s1. The molecule has 2 aliphatic heterocycles. The number of nitrogens with one attached hydrogen (secondary N) is 2. The Morgan fingerprint density at radius 1 is 1.19 bits per heavy atom. The van der Waals surface area contributed by atoms with Gasteiger partial charge >= 0.3 is 5.97 Å². The van der Waals surface area contributed by atoms with E-state index in [0.717, 1.165) is 32.6 Å². The van der Waals surface area contributed by atoms with Gasteiger partial charge in [0.25, 0.3) is 0 Å². The lowest BCUT2D eigenvalue weighted by molar-refractivity contribution is -0.153. The normalized spacial score (nSPS) is 22.8. The van der Waals surface area contributed by atoms with Crippen LogP contribution >= 0.6 is 0 Å². The van der Waals surface area contributed by atoms with Gasteiger partial charge in [-0.3, -0.25) is 14.5 Å². The quantitative estimate of drug-likeness (QED) is 0.641. The lowest BCUT2D eigenvalue weighted by Crippen LogP contribution is -2.58. The summed E-state index contributed by atoms with van der Waals surface area (Å²) < 4.78 is 4.83. The first-order valence-corrected chi connectivity index (χ1v) is 9.35. The number of amides is 2. The van der Waals surface area contributed by atoms with Gasteiger partial charge in [0, 0.05) is 32.7 Å². The fraction of sp³-hybridized carbons (Fsp3) is 0.833. The second-order valence-corrected chi connectivity index (χ2v) is 8.11. The van der Waals surface area contributed by atoms with Crippen LogP contribution in [0.2, 0.25) is 0 Å². The van der Waals surface area contributed by atoms with Gasteiger partial charge in [-0.1, -0.05) is 20.8 Å². The number of carbonyl (C=O) groups is 3. The van der Waals surface area contributed by atoms with E-state index in [9.17, 15) is 14.4 Å². The third-order valence-electron chi connectivity index (χ3n) is 5.00. The van der Waals surface area contributed by atoms with Gasteiger partial charge in [-0.15, -0.1) is 0 Å². The van der Waals surface area contributed by atoms with Gasteiger partial charge in [0.2, 0.25) is 11.8 Å². The summed E-state index contributed by atoms with van der Waals surface area (Å²) in [5.41, 5.74) is -0.459. The van der Waals surface area contributed by atoms with E-state index >= 15 is 0 Å². The molecule has 2 heterocycles. The Bertz CT molecular complexity index is 526. The van der Waals surface area contributed by atoms with Crippen LogP contribution in [0.5, 0.6) is 0 Å². The molecule has 2 aliphatic rings. The van der Waals surface area contributed by atoms with Gasteiger partial charge in [0.1, 0.15) is 12.1 Å². The lowest BCUT2D eigenvalue weighted by Gasteiger charge is -2.35. The summed E-state index contributed by atoms with van der Waals surface area (Å²) in [7, 11) is 1.33. The Balaban J connectivity index is 2.05. The van der Waals surface area contributed by atoms with E-state index in [2.05, 4.69) is 15.5 Å². The molecule has 0 bridgehead atoms. The van der Waals surface area contributed by atoms with Crippen molar-refractivity contribution in [2.75, 3.05) is 46.4 Å². The Kier molecular flexibility index (Phi) is 7.00. The molecule has 0 aromatic rings. The van der Waals surface area contributed by atoms with Crippen LogP contribution in [0.25, 0.3) is 0 Å². The van der Waals surface area contributed by atoms with Crippen molar-refractivity contribution in [1.29, 1.82) is 0 Å². The van der Waals surface area contributed by atoms with E-state index in [1.54, 1.807) is 4.90 Å². The van der Waals surface area contributed by atoms with Crippen molar-refractivity contribution in [3.63, 3.8) is 0 Å². The molecular formula is C18H32N4O4. The molecule has 0 aliphatic carbocycles. The van der Waals surface area contributed by atoms with E-state index in [1.165, 1.54) is 7.11 Å². The third-order valence-corrected chi connectivity index (χ3v) is 5.00. The van der Waals surface area contributed by atoms with Crippen molar-refractivity contribution in [1.82, 2.24) is 20.4 Å². The molecule has 148 valence electrons. The summed E-state index contributed by atoms with van der Waals surface area (Å²) in [6.45, 7) is 9.92. The second-order valence-electron chi connectivity index (χ2n) is 8.11. The number of hydrogen-bond donors (Lipinski definition) is 2. The second kappa shape index (κ2) is 8.81. The first-order chi connectivity index (χ1) is 12.2. The Morgan fingerprint density at radius 3 is 2.42 bits per heavy atom. The molecule has 0 radical (unpaired) electrons. The maximum Gasteiger partial charge on any atom is 0.328 e. The number of ether oxygens (including phenoxy) is 1. The lowest BCUT2D eigenvalue weighted by atomic mass is 9.85. The number of likely N-dealkylation sites (tertiary alicyclic amines) is 1. The Labute approximate surface area is 155 Å². The highest BCUT2D eigenvalue weighted by molar-refractivity contribution is 5.92. The van der Waals surface area contributed by atoms with Crippen LogP contribution in [0.15, 0.2) is 0 Å². The largest absolute Gasteiger partial charge is 0.467 e. The predicted octanol–water partition coefficient (Wildman–Crippen LogP) is -0.413. The van der Waals surface area contributed by atoms with Crippen LogP contribution < -0.4 is 10.6 Å². The molecule has 0 saturated carbocycles.